The molecule has 0 radical (unpaired) electrons. The van der Waals surface area contributed by atoms with Crippen LogP contribution >= 0.6 is 0 Å². The Labute approximate surface area is 96.4 Å². The molecule has 0 bridgehead atoms. The third-order valence-electron chi connectivity index (χ3n) is 2.60. The van der Waals surface area contributed by atoms with Crippen molar-refractivity contribution in [3.05, 3.63) is 59.7 Å². The van der Waals surface area contributed by atoms with Gasteiger partial charge >= 0.3 is 0 Å². The van der Waals surface area contributed by atoms with Gasteiger partial charge in [0.25, 0.3) is 0 Å². The van der Waals surface area contributed by atoms with Crippen LogP contribution in [0.3, 0.4) is 0 Å². The van der Waals surface area contributed by atoms with Gasteiger partial charge in [0.05, 0.1) is 0 Å². The fourth-order valence-electron chi connectivity index (χ4n) is 1.67. The Kier molecular flexibility index (Phi) is 3.30. The molecular weight excluding hydrogens is 196 g/mol. The molecule has 0 fully saturated rings. The van der Waals surface area contributed by atoms with E-state index in [0.717, 1.165) is 12.2 Å². The van der Waals surface area contributed by atoms with Gasteiger partial charge in [-0.15, -0.1) is 0 Å². The molecule has 0 atom stereocenters. The molecule has 0 aliphatic heterocycles. The third kappa shape index (κ3) is 2.66. The first-order valence-corrected chi connectivity index (χ1v) is 5.60. The van der Waals surface area contributed by atoms with Crippen molar-refractivity contribution in [2.24, 2.45) is 0 Å². The zero-order valence-corrected chi connectivity index (χ0v) is 9.72. The van der Waals surface area contributed by atoms with Crippen LogP contribution in [0.5, 0.6) is 0 Å². The zero-order valence-electron chi connectivity index (χ0n) is 9.72. The summed E-state index contributed by atoms with van der Waals surface area (Å²) >= 11 is 0. The van der Waals surface area contributed by atoms with Gasteiger partial charge < -0.3 is 0 Å². The molecule has 82 valence electrons. The van der Waals surface area contributed by atoms with Gasteiger partial charge in [0.15, 0.2) is 0 Å². The van der Waals surface area contributed by atoms with E-state index in [1.165, 1.54) is 11.1 Å². The van der Waals surface area contributed by atoms with Gasteiger partial charge in [0.1, 0.15) is 5.82 Å². The maximum absolute atomic E-state index is 4.24. The molecule has 16 heavy (non-hydrogen) atoms. The first-order chi connectivity index (χ1) is 7.75. The highest BCUT2D eigenvalue weighted by atomic mass is 14.8. The van der Waals surface area contributed by atoms with Crippen molar-refractivity contribution in [1.29, 1.82) is 0 Å². The Morgan fingerprint density at radius 1 is 1.06 bits per heavy atom. The molecule has 0 saturated carbocycles. The average Bonchev–Trinajstić information content (AvgIpc) is 2.30. The minimum atomic E-state index is 0.566. The standard InChI is InChI=1S/C14H16N2/c1-11(2)13-6-3-5-12(9-13)10-14-15-7-4-8-16-14/h3-9,11H,10H2,1-2H3. The first kappa shape index (κ1) is 10.8. The maximum atomic E-state index is 4.24. The quantitative estimate of drug-likeness (QED) is 0.780. The zero-order chi connectivity index (χ0) is 11.4. The molecule has 0 aliphatic carbocycles. The normalized spacial score (nSPS) is 10.7. The monoisotopic (exact) mass is 212 g/mol. The molecule has 1 aromatic heterocycles. The van der Waals surface area contributed by atoms with E-state index in [-0.39, 0.29) is 0 Å². The lowest BCUT2D eigenvalue weighted by Gasteiger charge is -2.07. The molecule has 1 heterocycles. The molecule has 2 rings (SSSR count). The van der Waals surface area contributed by atoms with Crippen LogP contribution in [0.4, 0.5) is 0 Å². The van der Waals surface area contributed by atoms with Crippen molar-refractivity contribution in [3.63, 3.8) is 0 Å². The van der Waals surface area contributed by atoms with E-state index >= 15 is 0 Å². The topological polar surface area (TPSA) is 25.8 Å². The largest absolute Gasteiger partial charge is 0.241 e. The van der Waals surface area contributed by atoms with Crippen LogP contribution in [0.1, 0.15) is 36.7 Å². The summed E-state index contributed by atoms with van der Waals surface area (Å²) in [5.74, 6) is 1.44. The van der Waals surface area contributed by atoms with Crippen molar-refractivity contribution < 1.29 is 0 Å². The van der Waals surface area contributed by atoms with Crippen LogP contribution in [0, 0.1) is 0 Å². The molecule has 2 aromatic rings. The highest BCUT2D eigenvalue weighted by Gasteiger charge is 2.02. The minimum absolute atomic E-state index is 0.566. The number of hydrogen-bond donors (Lipinski definition) is 0. The van der Waals surface area contributed by atoms with E-state index in [2.05, 4.69) is 48.1 Å². The Morgan fingerprint density at radius 2 is 1.81 bits per heavy atom. The molecular formula is C14H16N2. The average molecular weight is 212 g/mol. The summed E-state index contributed by atoms with van der Waals surface area (Å²) in [6, 6.07) is 10.5. The van der Waals surface area contributed by atoms with E-state index < -0.39 is 0 Å². The molecule has 0 aliphatic rings. The summed E-state index contributed by atoms with van der Waals surface area (Å²) < 4.78 is 0. The Hall–Kier alpha value is -1.70. The van der Waals surface area contributed by atoms with Crippen LogP contribution < -0.4 is 0 Å². The van der Waals surface area contributed by atoms with E-state index in [4.69, 9.17) is 0 Å². The molecule has 0 amide bonds. The smallest absolute Gasteiger partial charge is 0.132 e. The summed E-state index contributed by atoms with van der Waals surface area (Å²) in [5, 5.41) is 0. The highest BCUT2D eigenvalue weighted by Crippen LogP contribution is 2.16. The summed E-state index contributed by atoms with van der Waals surface area (Å²) in [7, 11) is 0. The maximum Gasteiger partial charge on any atom is 0.132 e. The van der Waals surface area contributed by atoms with Crippen LogP contribution in [0.15, 0.2) is 42.7 Å². The molecule has 0 spiro atoms. The van der Waals surface area contributed by atoms with Gasteiger partial charge in [-0.1, -0.05) is 38.1 Å². The van der Waals surface area contributed by atoms with Gasteiger partial charge in [-0.3, -0.25) is 0 Å². The fourth-order valence-corrected chi connectivity index (χ4v) is 1.67. The minimum Gasteiger partial charge on any atom is -0.241 e. The van der Waals surface area contributed by atoms with Crippen molar-refractivity contribution in [3.8, 4) is 0 Å². The van der Waals surface area contributed by atoms with Crippen LogP contribution in [0.2, 0.25) is 0 Å². The lowest BCUT2D eigenvalue weighted by atomic mass is 10.00. The Bertz CT molecular complexity index is 449. The van der Waals surface area contributed by atoms with Crippen LogP contribution in [-0.2, 0) is 6.42 Å². The molecule has 0 N–H and O–H groups in total. The molecule has 0 unspecified atom stereocenters. The Balaban J connectivity index is 2.19. The number of aromatic nitrogens is 2. The lowest BCUT2D eigenvalue weighted by Crippen LogP contribution is -1.96. The number of hydrogen-bond acceptors (Lipinski definition) is 2. The number of rotatable bonds is 3. The summed E-state index contributed by atoms with van der Waals surface area (Å²) in [6.07, 6.45) is 4.38. The van der Waals surface area contributed by atoms with Crippen LogP contribution in [-0.4, -0.2) is 9.97 Å². The van der Waals surface area contributed by atoms with E-state index in [0.29, 0.717) is 5.92 Å². The fraction of sp³-hybridized carbons (Fsp3) is 0.286. The number of nitrogens with zero attached hydrogens (tertiary/aromatic N) is 2. The van der Waals surface area contributed by atoms with E-state index in [9.17, 15) is 0 Å². The molecule has 2 heteroatoms. The van der Waals surface area contributed by atoms with E-state index in [1.54, 1.807) is 12.4 Å². The second kappa shape index (κ2) is 4.88. The molecule has 1 aromatic carbocycles. The van der Waals surface area contributed by atoms with Gasteiger partial charge in [-0.05, 0) is 23.1 Å². The Morgan fingerprint density at radius 3 is 2.50 bits per heavy atom. The first-order valence-electron chi connectivity index (χ1n) is 5.60. The van der Waals surface area contributed by atoms with Gasteiger partial charge in [-0.2, -0.15) is 0 Å². The van der Waals surface area contributed by atoms with Crippen molar-refractivity contribution in [1.82, 2.24) is 9.97 Å². The molecule has 2 nitrogen and oxygen atoms in total. The van der Waals surface area contributed by atoms with Gasteiger partial charge in [-0.25, -0.2) is 9.97 Å². The second-order valence-electron chi connectivity index (χ2n) is 4.24. The predicted molar refractivity (Wildman–Crippen MR) is 65.4 cm³/mol. The van der Waals surface area contributed by atoms with Crippen molar-refractivity contribution >= 4 is 0 Å². The lowest BCUT2D eigenvalue weighted by molar-refractivity contribution is 0.860. The predicted octanol–water partition coefficient (Wildman–Crippen LogP) is 3.19. The second-order valence-corrected chi connectivity index (χ2v) is 4.24. The summed E-state index contributed by atoms with van der Waals surface area (Å²) in [4.78, 5) is 8.47. The van der Waals surface area contributed by atoms with Crippen LogP contribution in [0.25, 0.3) is 0 Å². The van der Waals surface area contributed by atoms with Gasteiger partial charge in [0.2, 0.25) is 0 Å². The SMILES string of the molecule is CC(C)c1cccc(Cc2ncccn2)c1. The third-order valence-corrected chi connectivity index (χ3v) is 2.60. The van der Waals surface area contributed by atoms with Gasteiger partial charge in [0, 0.05) is 18.8 Å². The number of benzene rings is 1. The summed E-state index contributed by atoms with van der Waals surface area (Å²) in [6.45, 7) is 4.41. The van der Waals surface area contributed by atoms with E-state index in [1.807, 2.05) is 6.07 Å². The summed E-state index contributed by atoms with van der Waals surface area (Å²) in [5.41, 5.74) is 2.64. The van der Waals surface area contributed by atoms with Crippen molar-refractivity contribution in [2.45, 2.75) is 26.2 Å². The molecule has 0 saturated heterocycles. The highest BCUT2D eigenvalue weighted by molar-refractivity contribution is 5.27. The van der Waals surface area contributed by atoms with Crippen molar-refractivity contribution in [2.75, 3.05) is 0 Å².